The fraction of sp³-hybridized carbons (Fsp3) is 0.111. The Kier molecular flexibility index (Phi) is 5.06. The maximum absolute atomic E-state index is 14.1. The second-order valence-electron chi connectivity index (χ2n) is 5.30. The second kappa shape index (κ2) is 7.25. The van der Waals surface area contributed by atoms with Gasteiger partial charge in [0.1, 0.15) is 5.82 Å². The van der Waals surface area contributed by atoms with Gasteiger partial charge in [-0.1, -0.05) is 29.3 Å². The summed E-state index contributed by atoms with van der Waals surface area (Å²) in [6.07, 6.45) is 2.81. The number of hydrogen-bond acceptors (Lipinski definition) is 3. The van der Waals surface area contributed by atoms with E-state index >= 15 is 0 Å². The van der Waals surface area contributed by atoms with E-state index in [1.54, 1.807) is 41.1 Å². The van der Waals surface area contributed by atoms with Crippen LogP contribution in [0.15, 0.2) is 42.5 Å². The van der Waals surface area contributed by atoms with Crippen LogP contribution in [0, 0.1) is 5.82 Å². The molecule has 0 bridgehead atoms. The van der Waals surface area contributed by atoms with Crippen molar-refractivity contribution in [3.8, 4) is 0 Å². The van der Waals surface area contributed by atoms with Crippen molar-refractivity contribution >= 4 is 46.2 Å². The minimum atomic E-state index is -0.492. The zero-order valence-electron chi connectivity index (χ0n) is 13.2. The minimum Gasteiger partial charge on any atom is -0.466 e. The molecule has 0 saturated carbocycles. The van der Waals surface area contributed by atoms with E-state index in [1.807, 2.05) is 0 Å². The maximum Gasteiger partial charge on any atom is 0.330 e. The van der Waals surface area contributed by atoms with E-state index in [4.69, 9.17) is 23.2 Å². The van der Waals surface area contributed by atoms with Gasteiger partial charge in [-0.25, -0.2) is 9.18 Å². The van der Waals surface area contributed by atoms with Crippen LogP contribution in [0.25, 0.3) is 17.0 Å². The summed E-state index contributed by atoms with van der Waals surface area (Å²) in [4.78, 5) is 11.3. The lowest BCUT2D eigenvalue weighted by Gasteiger charge is -2.05. The topological polar surface area (TPSA) is 44.1 Å². The lowest BCUT2D eigenvalue weighted by molar-refractivity contribution is -0.134. The fourth-order valence-electron chi connectivity index (χ4n) is 2.45. The number of esters is 1. The van der Waals surface area contributed by atoms with Gasteiger partial charge in [0.2, 0.25) is 0 Å². The Bertz CT molecular complexity index is 983. The average Bonchev–Trinajstić information content (AvgIpc) is 2.92. The summed E-state index contributed by atoms with van der Waals surface area (Å²) in [5, 5.41) is 6.08. The predicted molar refractivity (Wildman–Crippen MR) is 96.3 cm³/mol. The van der Waals surface area contributed by atoms with Gasteiger partial charge in [0.15, 0.2) is 0 Å². The van der Waals surface area contributed by atoms with Crippen LogP contribution in [0.3, 0.4) is 0 Å². The smallest absolute Gasteiger partial charge is 0.330 e. The molecule has 1 aromatic heterocycles. The Morgan fingerprint density at radius 3 is 2.68 bits per heavy atom. The highest BCUT2D eigenvalue weighted by molar-refractivity contribution is 6.31. The van der Waals surface area contributed by atoms with Gasteiger partial charge in [-0.2, -0.15) is 5.10 Å². The van der Waals surface area contributed by atoms with Crippen LogP contribution < -0.4 is 0 Å². The molecule has 0 fully saturated rings. The number of nitrogens with zero attached hydrogens (tertiary/aromatic N) is 2. The molecule has 7 heteroatoms. The maximum atomic E-state index is 14.1. The first-order valence-corrected chi connectivity index (χ1v) is 8.09. The van der Waals surface area contributed by atoms with Crippen molar-refractivity contribution < 1.29 is 13.9 Å². The first-order valence-electron chi connectivity index (χ1n) is 7.34. The van der Waals surface area contributed by atoms with Crippen LogP contribution in [-0.2, 0) is 16.1 Å². The molecule has 25 heavy (non-hydrogen) atoms. The third-order valence-electron chi connectivity index (χ3n) is 3.65. The summed E-state index contributed by atoms with van der Waals surface area (Å²) >= 11 is 11.9. The predicted octanol–water partition coefficient (Wildman–Crippen LogP) is 4.72. The van der Waals surface area contributed by atoms with Crippen molar-refractivity contribution in [1.29, 1.82) is 0 Å². The average molecular weight is 379 g/mol. The number of fused-ring (bicyclic) bond motifs is 1. The molecule has 4 nitrogen and oxygen atoms in total. The Morgan fingerprint density at radius 2 is 1.96 bits per heavy atom. The third-order valence-corrected chi connectivity index (χ3v) is 4.12. The SMILES string of the molecule is COC(=O)/C=C/c1nn(Cc2ccc(Cl)cc2F)c2ccc(Cl)cc12. The molecule has 0 aliphatic heterocycles. The van der Waals surface area contributed by atoms with E-state index in [2.05, 4.69) is 9.84 Å². The number of halogens is 3. The van der Waals surface area contributed by atoms with Gasteiger partial charge in [-0.3, -0.25) is 4.68 Å². The molecule has 3 rings (SSSR count). The molecule has 0 aliphatic rings. The zero-order chi connectivity index (χ0) is 18.0. The number of aromatic nitrogens is 2. The zero-order valence-corrected chi connectivity index (χ0v) is 14.7. The lowest BCUT2D eigenvalue weighted by Crippen LogP contribution is -2.04. The van der Waals surface area contributed by atoms with Gasteiger partial charge in [0, 0.05) is 27.1 Å². The van der Waals surface area contributed by atoms with Gasteiger partial charge in [-0.15, -0.1) is 0 Å². The highest BCUT2D eigenvalue weighted by Gasteiger charge is 2.12. The van der Waals surface area contributed by atoms with Crippen molar-refractivity contribution in [1.82, 2.24) is 9.78 Å². The Balaban J connectivity index is 2.06. The standard InChI is InChI=1S/C18H13Cl2FN2O2/c1-25-18(24)7-5-16-14-8-12(19)4-6-17(14)23(22-16)10-11-2-3-13(20)9-15(11)21/h2-9H,10H2,1H3/b7-5+. The van der Waals surface area contributed by atoms with Crippen molar-refractivity contribution in [2.24, 2.45) is 0 Å². The van der Waals surface area contributed by atoms with Crippen molar-refractivity contribution in [2.45, 2.75) is 6.54 Å². The summed E-state index contributed by atoms with van der Waals surface area (Å²) in [7, 11) is 1.30. The fourth-order valence-corrected chi connectivity index (χ4v) is 2.78. The van der Waals surface area contributed by atoms with Gasteiger partial charge in [0.25, 0.3) is 0 Å². The molecule has 0 atom stereocenters. The number of carbonyl (C=O) groups excluding carboxylic acids is 1. The number of rotatable bonds is 4. The highest BCUT2D eigenvalue weighted by atomic mass is 35.5. The first kappa shape index (κ1) is 17.5. The molecule has 2 aromatic carbocycles. The van der Waals surface area contributed by atoms with Crippen LogP contribution in [-0.4, -0.2) is 22.9 Å². The van der Waals surface area contributed by atoms with Crippen molar-refractivity contribution in [3.63, 3.8) is 0 Å². The van der Waals surface area contributed by atoms with E-state index in [0.29, 0.717) is 21.3 Å². The molecule has 0 saturated heterocycles. The molecule has 1 heterocycles. The number of benzene rings is 2. The van der Waals surface area contributed by atoms with Gasteiger partial charge in [0.05, 0.1) is 24.9 Å². The number of hydrogen-bond donors (Lipinski definition) is 0. The third kappa shape index (κ3) is 3.83. The van der Waals surface area contributed by atoms with Crippen LogP contribution in [0.5, 0.6) is 0 Å². The van der Waals surface area contributed by atoms with Crippen LogP contribution >= 0.6 is 23.2 Å². The monoisotopic (exact) mass is 378 g/mol. The number of carbonyl (C=O) groups is 1. The van der Waals surface area contributed by atoms with Crippen molar-refractivity contribution in [3.05, 3.63) is 69.6 Å². The van der Waals surface area contributed by atoms with Crippen molar-refractivity contribution in [2.75, 3.05) is 7.11 Å². The van der Waals surface area contributed by atoms with E-state index in [0.717, 1.165) is 10.9 Å². The number of methoxy groups -OCH3 is 1. The normalized spacial score (nSPS) is 11.4. The summed E-state index contributed by atoms with van der Waals surface area (Å²) in [5.74, 6) is -0.898. The first-order chi connectivity index (χ1) is 12.0. The van der Waals surface area contributed by atoms with E-state index in [-0.39, 0.29) is 6.54 Å². The van der Waals surface area contributed by atoms with Crippen LogP contribution in [0.4, 0.5) is 4.39 Å². The Labute approximate surface area is 153 Å². The second-order valence-corrected chi connectivity index (χ2v) is 6.17. The largest absolute Gasteiger partial charge is 0.466 e. The van der Waals surface area contributed by atoms with E-state index in [1.165, 1.54) is 19.3 Å². The summed E-state index contributed by atoms with van der Waals surface area (Å²) in [6, 6.07) is 9.78. The summed E-state index contributed by atoms with van der Waals surface area (Å²) in [6.45, 7) is 0.215. The molecule has 0 N–H and O–H groups in total. The Hall–Kier alpha value is -2.37. The van der Waals surface area contributed by atoms with E-state index in [9.17, 15) is 9.18 Å². The molecule has 128 valence electrons. The lowest BCUT2D eigenvalue weighted by atomic mass is 10.2. The quantitative estimate of drug-likeness (QED) is 0.487. The highest BCUT2D eigenvalue weighted by Crippen LogP contribution is 2.25. The molecule has 0 radical (unpaired) electrons. The molecule has 0 spiro atoms. The summed E-state index contributed by atoms with van der Waals surface area (Å²) in [5.41, 5.74) is 1.76. The van der Waals surface area contributed by atoms with Gasteiger partial charge in [-0.05, 0) is 36.4 Å². The Morgan fingerprint density at radius 1 is 1.24 bits per heavy atom. The van der Waals surface area contributed by atoms with Gasteiger partial charge < -0.3 is 4.74 Å². The number of ether oxygens (including phenoxy) is 1. The van der Waals surface area contributed by atoms with Gasteiger partial charge >= 0.3 is 5.97 Å². The molecular weight excluding hydrogens is 366 g/mol. The van der Waals surface area contributed by atoms with Crippen LogP contribution in [0.2, 0.25) is 10.0 Å². The molecule has 0 aliphatic carbocycles. The molecule has 0 unspecified atom stereocenters. The van der Waals surface area contributed by atoms with Crippen LogP contribution in [0.1, 0.15) is 11.3 Å². The summed E-state index contributed by atoms with van der Waals surface area (Å²) < 4.78 is 20.3. The molecule has 0 amide bonds. The molecular formula is C18H13Cl2FN2O2. The van der Waals surface area contributed by atoms with E-state index < -0.39 is 11.8 Å². The molecule has 3 aromatic rings. The minimum absolute atomic E-state index is 0.215.